The first-order valence-electron chi connectivity index (χ1n) is 6.34. The van der Waals surface area contributed by atoms with Gasteiger partial charge in [-0.05, 0) is 13.1 Å². The first kappa shape index (κ1) is 14.5. The predicted molar refractivity (Wildman–Crippen MR) is 72.5 cm³/mol. The molecule has 1 atom stereocenters. The third kappa shape index (κ3) is 4.91. The Kier molecular flexibility index (Phi) is 5.33. The van der Waals surface area contributed by atoms with Gasteiger partial charge in [0.15, 0.2) is 5.15 Å². The summed E-state index contributed by atoms with van der Waals surface area (Å²) in [5, 5.41) is 17.7. The van der Waals surface area contributed by atoms with Crippen LogP contribution in [0.25, 0.3) is 0 Å². The highest BCUT2D eigenvalue weighted by Gasteiger charge is 2.17. The van der Waals surface area contributed by atoms with Gasteiger partial charge in [0.2, 0.25) is 5.88 Å². The molecule has 0 aliphatic carbocycles. The van der Waals surface area contributed by atoms with Crippen molar-refractivity contribution in [3.8, 4) is 5.88 Å². The summed E-state index contributed by atoms with van der Waals surface area (Å²) in [7, 11) is 2.11. The van der Waals surface area contributed by atoms with E-state index in [0.29, 0.717) is 17.6 Å². The van der Waals surface area contributed by atoms with Crippen molar-refractivity contribution >= 4 is 11.6 Å². The smallest absolute Gasteiger partial charge is 0.233 e. The Morgan fingerprint density at radius 1 is 1.32 bits per heavy atom. The monoisotopic (exact) mass is 286 g/mol. The zero-order valence-electron chi connectivity index (χ0n) is 11.0. The van der Waals surface area contributed by atoms with Gasteiger partial charge >= 0.3 is 0 Å². The zero-order valence-corrected chi connectivity index (χ0v) is 11.8. The summed E-state index contributed by atoms with van der Waals surface area (Å²) >= 11 is 5.63. The topological polar surface area (TPSA) is 61.7 Å². The van der Waals surface area contributed by atoms with E-state index in [0.717, 1.165) is 26.2 Å². The van der Waals surface area contributed by atoms with Crippen LogP contribution in [0, 0.1) is 0 Å². The Morgan fingerprint density at radius 2 is 2.05 bits per heavy atom. The molecule has 1 saturated heterocycles. The van der Waals surface area contributed by atoms with Crippen molar-refractivity contribution in [1.29, 1.82) is 0 Å². The summed E-state index contributed by atoms with van der Waals surface area (Å²) in [6.45, 7) is 4.87. The van der Waals surface area contributed by atoms with E-state index >= 15 is 0 Å². The second kappa shape index (κ2) is 7.00. The number of hydrogen-bond donors (Lipinski definition) is 1. The minimum atomic E-state index is -0.527. The first-order valence-corrected chi connectivity index (χ1v) is 6.72. The summed E-state index contributed by atoms with van der Waals surface area (Å²) in [5.41, 5.74) is 0. The highest BCUT2D eigenvalue weighted by molar-refractivity contribution is 6.29. The lowest BCUT2D eigenvalue weighted by Gasteiger charge is -2.33. The van der Waals surface area contributed by atoms with Crippen LogP contribution in [-0.2, 0) is 0 Å². The van der Waals surface area contributed by atoms with Gasteiger partial charge < -0.3 is 14.7 Å². The summed E-state index contributed by atoms with van der Waals surface area (Å²) < 4.78 is 5.37. The average Bonchev–Trinajstić information content (AvgIpc) is 2.41. The molecule has 2 heterocycles. The van der Waals surface area contributed by atoms with Crippen LogP contribution in [0.4, 0.5) is 0 Å². The minimum Gasteiger partial charge on any atom is -0.474 e. The van der Waals surface area contributed by atoms with Gasteiger partial charge in [-0.25, -0.2) is 0 Å². The van der Waals surface area contributed by atoms with Crippen LogP contribution in [0.3, 0.4) is 0 Å². The molecular formula is C12H19ClN4O2. The summed E-state index contributed by atoms with van der Waals surface area (Å²) in [4.78, 5) is 4.52. The fraction of sp³-hybridized carbons (Fsp3) is 0.667. The maximum absolute atomic E-state index is 9.93. The number of piperazine rings is 1. The van der Waals surface area contributed by atoms with Crippen molar-refractivity contribution in [2.75, 3.05) is 46.4 Å². The molecule has 1 aliphatic rings. The van der Waals surface area contributed by atoms with Crippen LogP contribution in [0.15, 0.2) is 12.1 Å². The van der Waals surface area contributed by atoms with Crippen molar-refractivity contribution in [1.82, 2.24) is 20.0 Å². The van der Waals surface area contributed by atoms with E-state index in [9.17, 15) is 5.11 Å². The molecule has 19 heavy (non-hydrogen) atoms. The average molecular weight is 287 g/mol. The van der Waals surface area contributed by atoms with E-state index in [4.69, 9.17) is 16.3 Å². The van der Waals surface area contributed by atoms with Crippen molar-refractivity contribution in [2.45, 2.75) is 6.10 Å². The molecule has 0 bridgehead atoms. The standard InChI is InChI=1S/C12H19ClN4O2/c1-16-4-6-17(7-5-16)8-10(18)9-19-12-3-2-11(13)14-15-12/h2-3,10,18H,4-9H2,1H3. The molecule has 0 amide bonds. The van der Waals surface area contributed by atoms with Gasteiger partial charge in [-0.1, -0.05) is 11.6 Å². The lowest BCUT2D eigenvalue weighted by Crippen LogP contribution is -2.47. The van der Waals surface area contributed by atoms with Crippen LogP contribution in [0.5, 0.6) is 5.88 Å². The maximum Gasteiger partial charge on any atom is 0.233 e. The van der Waals surface area contributed by atoms with Gasteiger partial charge in [-0.2, -0.15) is 0 Å². The molecule has 106 valence electrons. The van der Waals surface area contributed by atoms with Gasteiger partial charge in [0.05, 0.1) is 0 Å². The molecule has 1 unspecified atom stereocenters. The number of nitrogens with zero attached hydrogens (tertiary/aromatic N) is 4. The van der Waals surface area contributed by atoms with Crippen molar-refractivity contribution in [2.24, 2.45) is 0 Å². The van der Waals surface area contributed by atoms with Crippen LogP contribution in [0.1, 0.15) is 0 Å². The molecule has 2 rings (SSSR count). The van der Waals surface area contributed by atoms with Crippen LogP contribution >= 0.6 is 11.6 Å². The fourth-order valence-corrected chi connectivity index (χ4v) is 2.04. The van der Waals surface area contributed by atoms with E-state index < -0.39 is 6.10 Å². The van der Waals surface area contributed by atoms with E-state index in [-0.39, 0.29) is 6.61 Å². The van der Waals surface area contributed by atoms with Crippen LogP contribution in [-0.4, -0.2) is 77.6 Å². The molecule has 0 radical (unpaired) electrons. The fourth-order valence-electron chi connectivity index (χ4n) is 1.94. The normalized spacial score (nSPS) is 19.3. The SMILES string of the molecule is CN1CCN(CC(O)COc2ccc(Cl)nn2)CC1. The van der Waals surface area contributed by atoms with Crippen LogP contribution in [0.2, 0.25) is 5.15 Å². The zero-order chi connectivity index (χ0) is 13.7. The molecule has 0 aromatic carbocycles. The Balaban J connectivity index is 1.69. The second-order valence-corrected chi connectivity index (χ2v) is 5.15. The van der Waals surface area contributed by atoms with Gasteiger partial charge in [-0.3, -0.25) is 4.90 Å². The first-order chi connectivity index (χ1) is 9.13. The van der Waals surface area contributed by atoms with E-state index in [1.54, 1.807) is 12.1 Å². The number of aliphatic hydroxyl groups is 1. The summed E-state index contributed by atoms with van der Waals surface area (Å²) in [6, 6.07) is 3.24. The Labute approximate surface area is 117 Å². The van der Waals surface area contributed by atoms with E-state index in [2.05, 4.69) is 27.0 Å². The number of β-amino-alcohol motifs (C(OH)–C–C–N with tert-alkyl or cyclic N) is 1. The molecule has 1 fully saturated rings. The van der Waals surface area contributed by atoms with Gasteiger partial charge in [0, 0.05) is 38.8 Å². The van der Waals surface area contributed by atoms with Crippen LogP contribution < -0.4 is 4.74 Å². The van der Waals surface area contributed by atoms with Gasteiger partial charge in [0.1, 0.15) is 12.7 Å². The minimum absolute atomic E-state index is 0.211. The molecule has 1 aliphatic heterocycles. The van der Waals surface area contributed by atoms with Gasteiger partial charge in [-0.15, -0.1) is 10.2 Å². The molecule has 0 spiro atoms. The van der Waals surface area contributed by atoms with Crippen molar-refractivity contribution in [3.63, 3.8) is 0 Å². The Morgan fingerprint density at radius 3 is 2.68 bits per heavy atom. The van der Waals surface area contributed by atoms with Crippen molar-refractivity contribution < 1.29 is 9.84 Å². The Hall–Kier alpha value is -0.950. The molecule has 7 heteroatoms. The number of rotatable bonds is 5. The largest absolute Gasteiger partial charge is 0.474 e. The third-order valence-electron chi connectivity index (χ3n) is 3.10. The molecule has 1 aromatic rings. The predicted octanol–water partition coefficient (Wildman–Crippen LogP) is 0.117. The number of hydrogen-bond acceptors (Lipinski definition) is 6. The molecule has 6 nitrogen and oxygen atoms in total. The number of aliphatic hydroxyl groups excluding tert-OH is 1. The number of halogens is 1. The molecular weight excluding hydrogens is 268 g/mol. The third-order valence-corrected chi connectivity index (χ3v) is 3.30. The number of likely N-dealkylation sites (N-methyl/N-ethyl adjacent to an activating group) is 1. The Bertz CT molecular complexity index is 382. The van der Waals surface area contributed by atoms with E-state index in [1.165, 1.54) is 0 Å². The highest BCUT2D eigenvalue weighted by atomic mass is 35.5. The van der Waals surface area contributed by atoms with E-state index in [1.807, 2.05) is 0 Å². The quantitative estimate of drug-likeness (QED) is 0.829. The summed E-state index contributed by atoms with van der Waals surface area (Å²) in [6.07, 6.45) is -0.527. The lowest BCUT2D eigenvalue weighted by atomic mass is 10.3. The van der Waals surface area contributed by atoms with Crippen molar-refractivity contribution in [3.05, 3.63) is 17.3 Å². The number of aromatic nitrogens is 2. The number of ether oxygens (including phenoxy) is 1. The molecule has 1 aromatic heterocycles. The van der Waals surface area contributed by atoms with Gasteiger partial charge in [0.25, 0.3) is 0 Å². The molecule has 0 saturated carbocycles. The maximum atomic E-state index is 9.93. The highest BCUT2D eigenvalue weighted by Crippen LogP contribution is 2.09. The lowest BCUT2D eigenvalue weighted by molar-refractivity contribution is 0.0490. The summed E-state index contributed by atoms with van der Waals surface area (Å²) in [5.74, 6) is 0.377. The molecule has 1 N–H and O–H groups in total. The second-order valence-electron chi connectivity index (χ2n) is 4.76.